The maximum atomic E-state index is 11.4. The van der Waals surface area contributed by atoms with E-state index in [4.69, 9.17) is 5.11 Å². The van der Waals surface area contributed by atoms with Gasteiger partial charge in [-0.1, -0.05) is 0 Å². The van der Waals surface area contributed by atoms with Crippen LogP contribution in [0.1, 0.15) is 34.8 Å². The second-order valence-electron chi connectivity index (χ2n) is 4.57. The van der Waals surface area contributed by atoms with Crippen LogP contribution in [0.2, 0.25) is 0 Å². The van der Waals surface area contributed by atoms with Crippen LogP contribution in [-0.2, 0) is 0 Å². The van der Waals surface area contributed by atoms with Gasteiger partial charge in [0.2, 0.25) is 5.56 Å². The van der Waals surface area contributed by atoms with Crippen molar-refractivity contribution in [2.75, 3.05) is 20.1 Å². The number of pyridine rings is 1. The van der Waals surface area contributed by atoms with Gasteiger partial charge in [-0.15, -0.1) is 0 Å². The Balaban J connectivity index is 2.26. The third kappa shape index (κ3) is 2.74. The SMILES string of the molecule is CN1CCC(c2cc(C(=O)O)cc(=O)[nH]2)CC1. The minimum absolute atomic E-state index is 0.0719. The van der Waals surface area contributed by atoms with Crippen LogP contribution in [0.4, 0.5) is 0 Å². The summed E-state index contributed by atoms with van der Waals surface area (Å²) in [6, 6.07) is 2.71. The van der Waals surface area contributed by atoms with E-state index in [1.165, 1.54) is 0 Å². The van der Waals surface area contributed by atoms with Crippen LogP contribution in [-0.4, -0.2) is 41.1 Å². The Bertz CT molecular complexity index is 473. The van der Waals surface area contributed by atoms with Gasteiger partial charge in [0.15, 0.2) is 0 Å². The van der Waals surface area contributed by atoms with Crippen molar-refractivity contribution >= 4 is 5.97 Å². The summed E-state index contributed by atoms with van der Waals surface area (Å²) in [6.45, 7) is 1.95. The molecule has 0 atom stereocenters. The van der Waals surface area contributed by atoms with Crippen LogP contribution in [0.3, 0.4) is 0 Å². The van der Waals surface area contributed by atoms with E-state index in [9.17, 15) is 9.59 Å². The van der Waals surface area contributed by atoms with Gasteiger partial charge in [-0.05, 0) is 39.0 Å². The summed E-state index contributed by atoms with van der Waals surface area (Å²) in [6.07, 6.45) is 1.91. The molecule has 0 saturated carbocycles. The Morgan fingerprint density at radius 2 is 2.06 bits per heavy atom. The van der Waals surface area contributed by atoms with Crippen molar-refractivity contribution in [1.29, 1.82) is 0 Å². The van der Waals surface area contributed by atoms with Crippen molar-refractivity contribution in [2.24, 2.45) is 0 Å². The highest BCUT2D eigenvalue weighted by atomic mass is 16.4. The molecular formula is C12H16N2O3. The summed E-state index contributed by atoms with van der Waals surface area (Å²) in [5.41, 5.74) is 0.490. The molecule has 5 nitrogen and oxygen atoms in total. The third-order valence-corrected chi connectivity index (χ3v) is 3.27. The molecule has 92 valence electrons. The number of piperidine rings is 1. The lowest BCUT2D eigenvalue weighted by Crippen LogP contribution is -2.30. The van der Waals surface area contributed by atoms with E-state index in [-0.39, 0.29) is 17.0 Å². The average molecular weight is 236 g/mol. The van der Waals surface area contributed by atoms with Crippen molar-refractivity contribution < 1.29 is 9.90 Å². The maximum absolute atomic E-state index is 11.4. The van der Waals surface area contributed by atoms with Crippen LogP contribution in [0.5, 0.6) is 0 Å². The van der Waals surface area contributed by atoms with E-state index in [0.717, 1.165) is 37.7 Å². The number of hydrogen-bond acceptors (Lipinski definition) is 3. The van der Waals surface area contributed by atoms with E-state index in [1.807, 2.05) is 0 Å². The van der Waals surface area contributed by atoms with E-state index >= 15 is 0 Å². The van der Waals surface area contributed by atoms with Crippen LogP contribution >= 0.6 is 0 Å². The molecule has 1 aliphatic rings. The van der Waals surface area contributed by atoms with E-state index in [1.54, 1.807) is 6.07 Å². The molecule has 0 radical (unpaired) electrons. The quantitative estimate of drug-likeness (QED) is 0.799. The zero-order valence-corrected chi connectivity index (χ0v) is 9.77. The molecule has 17 heavy (non-hydrogen) atoms. The number of likely N-dealkylation sites (tertiary alicyclic amines) is 1. The molecule has 1 fully saturated rings. The summed E-state index contributed by atoms with van der Waals surface area (Å²) in [5.74, 6) is -0.788. The highest BCUT2D eigenvalue weighted by Gasteiger charge is 2.20. The third-order valence-electron chi connectivity index (χ3n) is 3.27. The summed E-state index contributed by atoms with van der Waals surface area (Å²) in [5, 5.41) is 8.91. The van der Waals surface area contributed by atoms with Gasteiger partial charge < -0.3 is 15.0 Å². The normalized spacial score (nSPS) is 18.2. The van der Waals surface area contributed by atoms with Crippen LogP contribution < -0.4 is 5.56 Å². The first kappa shape index (κ1) is 11.9. The van der Waals surface area contributed by atoms with Crippen LogP contribution in [0.15, 0.2) is 16.9 Å². The molecule has 0 spiro atoms. The van der Waals surface area contributed by atoms with Gasteiger partial charge in [0, 0.05) is 17.7 Å². The number of aromatic carboxylic acids is 1. The first-order chi connectivity index (χ1) is 8.06. The van der Waals surface area contributed by atoms with Crippen molar-refractivity contribution in [2.45, 2.75) is 18.8 Å². The van der Waals surface area contributed by atoms with Gasteiger partial charge in [-0.2, -0.15) is 0 Å². The predicted molar refractivity (Wildman–Crippen MR) is 63.5 cm³/mol. The predicted octanol–water partition coefficient (Wildman–Crippen LogP) is 0.882. The average Bonchev–Trinajstić information content (AvgIpc) is 2.29. The number of carboxylic acid groups (broad SMARTS) is 1. The molecule has 0 amide bonds. The van der Waals surface area contributed by atoms with E-state index in [0.29, 0.717) is 0 Å². The zero-order chi connectivity index (χ0) is 12.4. The molecule has 0 unspecified atom stereocenters. The van der Waals surface area contributed by atoms with Crippen molar-refractivity contribution in [3.8, 4) is 0 Å². The lowest BCUT2D eigenvalue weighted by atomic mass is 9.92. The van der Waals surface area contributed by atoms with E-state index < -0.39 is 5.97 Å². The van der Waals surface area contributed by atoms with Crippen LogP contribution in [0, 0.1) is 0 Å². The van der Waals surface area contributed by atoms with Gasteiger partial charge in [0.25, 0.3) is 0 Å². The number of H-pyrrole nitrogens is 1. The molecule has 2 heterocycles. The Hall–Kier alpha value is -1.62. The number of aromatic amines is 1. The second-order valence-corrected chi connectivity index (χ2v) is 4.57. The molecule has 1 saturated heterocycles. The number of nitrogens with zero attached hydrogens (tertiary/aromatic N) is 1. The van der Waals surface area contributed by atoms with Gasteiger partial charge in [0.05, 0.1) is 5.56 Å². The van der Waals surface area contributed by atoms with Crippen LogP contribution in [0.25, 0.3) is 0 Å². The number of hydrogen-bond donors (Lipinski definition) is 2. The molecule has 0 aliphatic carbocycles. The standard InChI is InChI=1S/C12H16N2O3/c1-14-4-2-8(3-5-14)10-6-9(12(16)17)7-11(15)13-10/h6-8H,2-5H2,1H3,(H,13,15)(H,16,17). The lowest BCUT2D eigenvalue weighted by Gasteiger charge is -2.28. The zero-order valence-electron chi connectivity index (χ0n) is 9.77. The molecule has 1 aliphatic heterocycles. The van der Waals surface area contributed by atoms with Crippen molar-refractivity contribution in [3.05, 3.63) is 33.7 Å². The molecule has 0 bridgehead atoms. The largest absolute Gasteiger partial charge is 0.478 e. The van der Waals surface area contributed by atoms with Crippen molar-refractivity contribution in [3.63, 3.8) is 0 Å². The minimum Gasteiger partial charge on any atom is -0.478 e. The number of nitrogens with one attached hydrogen (secondary N) is 1. The topological polar surface area (TPSA) is 73.4 Å². The summed E-state index contributed by atoms with van der Waals surface area (Å²) < 4.78 is 0. The lowest BCUT2D eigenvalue weighted by molar-refractivity contribution is 0.0696. The molecule has 2 rings (SSSR count). The molecule has 0 aromatic carbocycles. The van der Waals surface area contributed by atoms with Gasteiger partial charge in [0.1, 0.15) is 0 Å². The number of carbonyl (C=O) groups is 1. The molecular weight excluding hydrogens is 220 g/mol. The second kappa shape index (κ2) is 4.71. The fraction of sp³-hybridized carbons (Fsp3) is 0.500. The van der Waals surface area contributed by atoms with Crippen molar-refractivity contribution in [1.82, 2.24) is 9.88 Å². The first-order valence-electron chi connectivity index (χ1n) is 5.72. The maximum Gasteiger partial charge on any atom is 0.335 e. The minimum atomic E-state index is -1.05. The Labute approximate surface area is 99.1 Å². The molecule has 1 aromatic heterocycles. The Kier molecular flexibility index (Phi) is 3.28. The summed E-state index contributed by atoms with van der Waals surface area (Å²) >= 11 is 0. The monoisotopic (exact) mass is 236 g/mol. The van der Waals surface area contributed by atoms with Gasteiger partial charge in [-0.3, -0.25) is 4.79 Å². The fourth-order valence-corrected chi connectivity index (χ4v) is 2.23. The smallest absolute Gasteiger partial charge is 0.335 e. The Morgan fingerprint density at radius 1 is 1.41 bits per heavy atom. The van der Waals surface area contributed by atoms with Gasteiger partial charge in [-0.25, -0.2) is 4.79 Å². The number of aromatic nitrogens is 1. The molecule has 5 heteroatoms. The number of rotatable bonds is 2. The molecule has 2 N–H and O–H groups in total. The molecule has 1 aromatic rings. The Morgan fingerprint density at radius 3 is 2.65 bits per heavy atom. The summed E-state index contributed by atoms with van der Waals surface area (Å²) in [7, 11) is 2.06. The van der Waals surface area contributed by atoms with E-state index in [2.05, 4.69) is 16.9 Å². The first-order valence-corrected chi connectivity index (χ1v) is 5.72. The van der Waals surface area contributed by atoms with Gasteiger partial charge >= 0.3 is 5.97 Å². The number of carboxylic acids is 1. The highest BCUT2D eigenvalue weighted by molar-refractivity contribution is 5.87. The fourth-order valence-electron chi connectivity index (χ4n) is 2.23. The summed E-state index contributed by atoms with van der Waals surface area (Å²) in [4.78, 5) is 27.3. The highest BCUT2D eigenvalue weighted by Crippen LogP contribution is 2.25.